The molecule has 3 rings (SSSR count). The quantitative estimate of drug-likeness (QED) is 0.194. The van der Waals surface area contributed by atoms with E-state index in [1.807, 2.05) is 13.8 Å². The summed E-state index contributed by atoms with van der Waals surface area (Å²) in [6.07, 6.45) is 0.913. The first-order valence-corrected chi connectivity index (χ1v) is 17.0. The van der Waals surface area contributed by atoms with E-state index >= 15 is 0 Å². The Morgan fingerprint density at radius 2 is 1.49 bits per heavy atom. The number of methoxy groups -OCH3 is 4. The normalized spacial score (nSPS) is 12.4. The Morgan fingerprint density at radius 3 is 2.06 bits per heavy atom. The molecular weight excluding hydrogens is 669 g/mol. The largest absolute Gasteiger partial charge is 0.497 e. The summed E-state index contributed by atoms with van der Waals surface area (Å²) in [5.41, 5.74) is 0.559. The second-order valence-corrected chi connectivity index (χ2v) is 13.3. The summed E-state index contributed by atoms with van der Waals surface area (Å²) in [6, 6.07) is 12.4. The van der Waals surface area contributed by atoms with Crippen molar-refractivity contribution in [2.75, 3.05) is 39.3 Å². The van der Waals surface area contributed by atoms with E-state index < -0.39 is 28.5 Å². The fraction of sp³-hybridized carbons (Fsp3) is 0.394. The zero-order chi connectivity index (χ0) is 34.9. The molecule has 0 aromatic heterocycles. The van der Waals surface area contributed by atoms with Crippen molar-refractivity contribution in [2.24, 2.45) is 0 Å². The monoisotopic (exact) mass is 709 g/mol. The molecule has 2 amide bonds. The van der Waals surface area contributed by atoms with Crippen molar-refractivity contribution in [1.29, 1.82) is 0 Å². The first-order valence-electron chi connectivity index (χ1n) is 14.9. The summed E-state index contributed by atoms with van der Waals surface area (Å²) in [4.78, 5) is 29.2. The van der Waals surface area contributed by atoms with Crippen LogP contribution >= 0.6 is 23.2 Å². The number of carbonyl (C=O) groups is 2. The molecule has 47 heavy (non-hydrogen) atoms. The zero-order valence-electron chi connectivity index (χ0n) is 27.5. The number of anilines is 1. The van der Waals surface area contributed by atoms with Crippen molar-refractivity contribution in [3.63, 3.8) is 0 Å². The summed E-state index contributed by atoms with van der Waals surface area (Å²) in [5, 5.41) is 3.63. The van der Waals surface area contributed by atoms with Gasteiger partial charge in [0, 0.05) is 34.8 Å². The maximum Gasteiger partial charge on any atom is 0.265 e. The fourth-order valence-electron chi connectivity index (χ4n) is 4.80. The lowest BCUT2D eigenvalue weighted by Crippen LogP contribution is -2.53. The molecule has 1 N–H and O–H groups in total. The third-order valence-corrected chi connectivity index (χ3v) is 9.96. The molecule has 0 saturated carbocycles. The van der Waals surface area contributed by atoms with Crippen LogP contribution in [-0.2, 0) is 26.2 Å². The van der Waals surface area contributed by atoms with Crippen LogP contribution in [0.1, 0.15) is 39.2 Å². The van der Waals surface area contributed by atoms with Crippen molar-refractivity contribution >= 4 is 50.7 Å². The van der Waals surface area contributed by atoms with E-state index in [1.54, 1.807) is 25.1 Å². The molecule has 11 nitrogen and oxygen atoms in total. The molecule has 0 saturated heterocycles. The van der Waals surface area contributed by atoms with Crippen molar-refractivity contribution < 1.29 is 37.0 Å². The zero-order valence-corrected chi connectivity index (χ0v) is 29.8. The van der Waals surface area contributed by atoms with E-state index in [1.165, 1.54) is 69.7 Å². The summed E-state index contributed by atoms with van der Waals surface area (Å²) < 4.78 is 51.5. The Balaban J connectivity index is 2.22. The van der Waals surface area contributed by atoms with Crippen LogP contribution in [0.5, 0.6) is 23.0 Å². The van der Waals surface area contributed by atoms with Gasteiger partial charge in [0.25, 0.3) is 10.0 Å². The first kappa shape index (κ1) is 37.6. The van der Waals surface area contributed by atoms with Crippen LogP contribution in [0.25, 0.3) is 0 Å². The summed E-state index contributed by atoms with van der Waals surface area (Å²) in [6.45, 7) is 4.76. The molecule has 0 heterocycles. The molecule has 0 aliphatic heterocycles. The SMILES string of the molecule is CC[C@@H](C)NC(=O)[C@H](CC)N(Cc1ccc(Cl)cc1Cl)C(=O)CN(c1cc(OC)ccc1OC)S(=O)(=O)c1ccc(OC)c(OC)c1. The third-order valence-electron chi connectivity index (χ3n) is 7.62. The van der Waals surface area contributed by atoms with Crippen LogP contribution in [0.2, 0.25) is 10.0 Å². The molecule has 3 aromatic rings. The number of benzene rings is 3. The Labute approximate surface area is 286 Å². The van der Waals surface area contributed by atoms with Crippen molar-refractivity contribution in [2.45, 2.75) is 57.1 Å². The molecule has 0 aliphatic rings. The maximum absolute atomic E-state index is 14.5. The highest BCUT2D eigenvalue weighted by molar-refractivity contribution is 7.92. The van der Waals surface area contributed by atoms with E-state index in [0.717, 1.165) is 4.31 Å². The molecule has 0 spiro atoms. The average molecular weight is 711 g/mol. The third kappa shape index (κ3) is 8.94. The molecule has 14 heteroatoms. The highest BCUT2D eigenvalue weighted by atomic mass is 35.5. The predicted molar refractivity (Wildman–Crippen MR) is 183 cm³/mol. The van der Waals surface area contributed by atoms with Gasteiger partial charge in [-0.3, -0.25) is 13.9 Å². The molecule has 0 radical (unpaired) electrons. The van der Waals surface area contributed by atoms with Gasteiger partial charge in [0.2, 0.25) is 11.8 Å². The number of nitrogens with zero attached hydrogens (tertiary/aromatic N) is 2. The molecule has 256 valence electrons. The van der Waals surface area contributed by atoms with Crippen LogP contribution in [0.4, 0.5) is 5.69 Å². The van der Waals surface area contributed by atoms with E-state index in [-0.39, 0.29) is 52.0 Å². The molecule has 2 atom stereocenters. The van der Waals surface area contributed by atoms with Crippen LogP contribution in [0.3, 0.4) is 0 Å². The lowest BCUT2D eigenvalue weighted by atomic mass is 10.1. The topological polar surface area (TPSA) is 124 Å². The first-order chi connectivity index (χ1) is 22.3. The number of carbonyl (C=O) groups excluding carboxylic acids is 2. The highest BCUT2D eigenvalue weighted by Crippen LogP contribution is 2.38. The Kier molecular flexibility index (Phi) is 13.4. The van der Waals surface area contributed by atoms with Gasteiger partial charge in [-0.25, -0.2) is 8.42 Å². The van der Waals surface area contributed by atoms with Crippen molar-refractivity contribution in [3.05, 3.63) is 70.2 Å². The molecule has 3 aromatic carbocycles. The molecule has 0 unspecified atom stereocenters. The number of sulfonamides is 1. The Morgan fingerprint density at radius 1 is 0.830 bits per heavy atom. The minimum Gasteiger partial charge on any atom is -0.497 e. The molecule has 0 aliphatic carbocycles. The minimum atomic E-state index is -4.49. The summed E-state index contributed by atoms with van der Waals surface area (Å²) in [5.74, 6) is -0.0764. The number of rotatable bonds is 16. The minimum absolute atomic E-state index is 0.0385. The molecule has 0 bridgehead atoms. The molecular formula is C33H41Cl2N3O8S. The van der Waals surface area contributed by atoms with Gasteiger partial charge < -0.3 is 29.2 Å². The van der Waals surface area contributed by atoms with Gasteiger partial charge in [-0.1, -0.05) is 43.1 Å². The maximum atomic E-state index is 14.5. The number of hydrogen-bond acceptors (Lipinski definition) is 8. The highest BCUT2D eigenvalue weighted by Gasteiger charge is 2.36. The van der Waals surface area contributed by atoms with Gasteiger partial charge in [0.05, 0.1) is 39.0 Å². The Bertz CT molecular complexity index is 1670. The van der Waals surface area contributed by atoms with Gasteiger partial charge in [-0.05, 0) is 61.7 Å². The number of hydrogen-bond donors (Lipinski definition) is 1. The second-order valence-electron chi connectivity index (χ2n) is 10.6. The van der Waals surface area contributed by atoms with E-state index in [2.05, 4.69) is 5.32 Å². The van der Waals surface area contributed by atoms with Gasteiger partial charge >= 0.3 is 0 Å². The predicted octanol–water partition coefficient (Wildman–Crippen LogP) is 5.95. The number of amides is 2. The summed E-state index contributed by atoms with van der Waals surface area (Å²) in [7, 11) is 1.15. The van der Waals surface area contributed by atoms with E-state index in [0.29, 0.717) is 28.5 Å². The standard InChI is InChI=1S/C33H41Cl2N3O8S/c1-8-21(3)36-33(40)27(9-2)37(19-22-10-11-23(34)16-26(22)35)32(39)20-38(28-17-24(43-4)12-14-29(28)44-5)47(41,42)25-13-15-30(45-6)31(18-25)46-7/h10-18,21,27H,8-9,19-20H2,1-7H3,(H,36,40)/t21-,27+/m1/s1. The lowest BCUT2D eigenvalue weighted by molar-refractivity contribution is -0.140. The number of ether oxygens (including phenoxy) is 4. The van der Waals surface area contributed by atoms with Gasteiger partial charge in [0.1, 0.15) is 24.1 Å². The van der Waals surface area contributed by atoms with Gasteiger partial charge in [0.15, 0.2) is 11.5 Å². The van der Waals surface area contributed by atoms with Crippen LogP contribution < -0.4 is 28.6 Å². The number of halogens is 2. The van der Waals surface area contributed by atoms with Crippen LogP contribution in [-0.4, -0.2) is 72.2 Å². The molecule has 0 fully saturated rings. The smallest absolute Gasteiger partial charge is 0.265 e. The lowest BCUT2D eigenvalue weighted by Gasteiger charge is -2.34. The fourth-order valence-corrected chi connectivity index (χ4v) is 6.70. The Hall–Kier alpha value is -3.87. The average Bonchev–Trinajstić information content (AvgIpc) is 3.06. The van der Waals surface area contributed by atoms with Crippen LogP contribution in [0, 0.1) is 0 Å². The van der Waals surface area contributed by atoms with Crippen molar-refractivity contribution in [1.82, 2.24) is 10.2 Å². The van der Waals surface area contributed by atoms with E-state index in [4.69, 9.17) is 42.1 Å². The van der Waals surface area contributed by atoms with Gasteiger partial charge in [-0.2, -0.15) is 0 Å². The number of nitrogens with one attached hydrogen (secondary N) is 1. The summed E-state index contributed by atoms with van der Waals surface area (Å²) >= 11 is 12.6. The second kappa shape index (κ2) is 16.8. The van der Waals surface area contributed by atoms with Crippen LogP contribution in [0.15, 0.2) is 59.5 Å². The van der Waals surface area contributed by atoms with Gasteiger partial charge in [-0.15, -0.1) is 0 Å². The van der Waals surface area contributed by atoms with E-state index in [9.17, 15) is 18.0 Å². The van der Waals surface area contributed by atoms with Crippen molar-refractivity contribution in [3.8, 4) is 23.0 Å².